The number of ether oxygens (including phenoxy) is 1. The van der Waals surface area contributed by atoms with E-state index in [0.29, 0.717) is 29.4 Å². The number of aromatic amines is 1. The zero-order valence-electron chi connectivity index (χ0n) is 9.10. The number of carbonyl (C=O) groups is 1. The number of phenols is 1. The van der Waals surface area contributed by atoms with Crippen molar-refractivity contribution in [1.82, 2.24) is 9.97 Å². The zero-order valence-corrected chi connectivity index (χ0v) is 9.10. The summed E-state index contributed by atoms with van der Waals surface area (Å²) < 4.78 is 4.94. The van der Waals surface area contributed by atoms with E-state index >= 15 is 0 Å². The monoisotopic (exact) mass is 233 g/mol. The quantitative estimate of drug-likeness (QED) is 0.696. The van der Waals surface area contributed by atoms with Crippen LogP contribution >= 0.6 is 0 Å². The lowest BCUT2D eigenvalue weighted by molar-refractivity contribution is -0.105. The highest BCUT2D eigenvalue weighted by molar-refractivity contribution is 5.70. The SMILES string of the molecule is COc1ccc(-c2nc(NC=O)c[nH]2)cc1O. The Labute approximate surface area is 97.3 Å². The number of anilines is 1. The Bertz CT molecular complexity index is 537. The summed E-state index contributed by atoms with van der Waals surface area (Å²) in [7, 11) is 1.48. The van der Waals surface area contributed by atoms with Crippen LogP contribution in [-0.2, 0) is 4.79 Å². The van der Waals surface area contributed by atoms with Crippen molar-refractivity contribution < 1.29 is 14.6 Å². The molecule has 0 radical (unpaired) electrons. The molecule has 0 bridgehead atoms. The van der Waals surface area contributed by atoms with Crippen molar-refractivity contribution in [3.63, 3.8) is 0 Å². The van der Waals surface area contributed by atoms with E-state index in [0.717, 1.165) is 0 Å². The molecule has 1 aromatic heterocycles. The Morgan fingerprint density at radius 1 is 1.53 bits per heavy atom. The van der Waals surface area contributed by atoms with Crippen molar-refractivity contribution in [2.45, 2.75) is 0 Å². The van der Waals surface area contributed by atoms with Crippen molar-refractivity contribution >= 4 is 12.2 Å². The van der Waals surface area contributed by atoms with Gasteiger partial charge in [-0.05, 0) is 18.2 Å². The minimum atomic E-state index is 0.0336. The van der Waals surface area contributed by atoms with Crippen LogP contribution in [0, 0.1) is 0 Å². The highest BCUT2D eigenvalue weighted by atomic mass is 16.5. The summed E-state index contributed by atoms with van der Waals surface area (Å²) in [6.07, 6.45) is 2.11. The Morgan fingerprint density at radius 2 is 2.35 bits per heavy atom. The van der Waals surface area contributed by atoms with Gasteiger partial charge in [0.05, 0.1) is 7.11 Å². The van der Waals surface area contributed by atoms with Crippen LogP contribution in [0.4, 0.5) is 5.82 Å². The Balaban J connectivity index is 2.32. The molecule has 0 aliphatic rings. The molecular formula is C11H11N3O3. The first kappa shape index (κ1) is 11.0. The van der Waals surface area contributed by atoms with E-state index in [1.54, 1.807) is 18.3 Å². The molecule has 0 unspecified atom stereocenters. The molecule has 0 atom stereocenters. The lowest BCUT2D eigenvalue weighted by atomic mass is 10.2. The van der Waals surface area contributed by atoms with Gasteiger partial charge in [0.15, 0.2) is 17.3 Å². The minimum absolute atomic E-state index is 0.0336. The lowest BCUT2D eigenvalue weighted by Gasteiger charge is -2.04. The van der Waals surface area contributed by atoms with E-state index in [1.165, 1.54) is 13.2 Å². The van der Waals surface area contributed by atoms with Crippen molar-refractivity contribution in [1.29, 1.82) is 0 Å². The predicted molar refractivity (Wildman–Crippen MR) is 61.9 cm³/mol. The molecule has 3 N–H and O–H groups in total. The second kappa shape index (κ2) is 4.56. The van der Waals surface area contributed by atoms with Gasteiger partial charge in [-0.25, -0.2) is 4.98 Å². The van der Waals surface area contributed by atoms with E-state index in [4.69, 9.17) is 4.74 Å². The van der Waals surface area contributed by atoms with Gasteiger partial charge in [-0.15, -0.1) is 0 Å². The van der Waals surface area contributed by atoms with Gasteiger partial charge in [-0.2, -0.15) is 0 Å². The standard InChI is InChI=1S/C11H11N3O3/c1-17-9-3-2-7(4-8(9)16)11-12-5-10(14-11)13-6-15/h2-6,16H,1H3,(H,12,14)(H,13,15). The number of imidazole rings is 1. The fourth-order valence-corrected chi connectivity index (χ4v) is 1.44. The van der Waals surface area contributed by atoms with Gasteiger partial charge in [-0.3, -0.25) is 4.79 Å². The number of methoxy groups -OCH3 is 1. The van der Waals surface area contributed by atoms with Crippen LogP contribution in [0.3, 0.4) is 0 Å². The highest BCUT2D eigenvalue weighted by Crippen LogP contribution is 2.30. The smallest absolute Gasteiger partial charge is 0.212 e. The number of carbonyl (C=O) groups excluding carboxylic acids is 1. The summed E-state index contributed by atoms with van der Waals surface area (Å²) >= 11 is 0. The first-order valence-corrected chi connectivity index (χ1v) is 4.87. The van der Waals surface area contributed by atoms with E-state index < -0.39 is 0 Å². The van der Waals surface area contributed by atoms with Crippen molar-refractivity contribution in [2.75, 3.05) is 12.4 Å². The highest BCUT2D eigenvalue weighted by Gasteiger charge is 2.07. The largest absolute Gasteiger partial charge is 0.504 e. The van der Waals surface area contributed by atoms with Gasteiger partial charge < -0.3 is 20.1 Å². The second-order valence-corrected chi connectivity index (χ2v) is 3.28. The molecule has 6 heteroatoms. The summed E-state index contributed by atoms with van der Waals surface area (Å²) in [5.74, 6) is 1.40. The van der Waals surface area contributed by atoms with Crippen LogP contribution in [0.25, 0.3) is 11.4 Å². The minimum Gasteiger partial charge on any atom is -0.504 e. The summed E-state index contributed by atoms with van der Waals surface area (Å²) in [6, 6.07) is 4.92. The number of phenolic OH excluding ortho intramolecular Hbond substituents is 1. The Morgan fingerprint density at radius 3 is 3.00 bits per heavy atom. The summed E-state index contributed by atoms with van der Waals surface area (Å²) in [5, 5.41) is 12.0. The maximum atomic E-state index is 10.2. The summed E-state index contributed by atoms with van der Waals surface area (Å²) in [4.78, 5) is 17.2. The van der Waals surface area contributed by atoms with Crippen LogP contribution in [0.5, 0.6) is 11.5 Å². The first-order chi connectivity index (χ1) is 8.24. The number of H-pyrrole nitrogens is 1. The average Bonchev–Trinajstić information content (AvgIpc) is 2.78. The number of aromatic nitrogens is 2. The van der Waals surface area contributed by atoms with Crippen molar-refractivity contribution in [3.05, 3.63) is 24.4 Å². The molecule has 88 valence electrons. The molecule has 2 aromatic rings. The normalized spacial score (nSPS) is 9.94. The van der Waals surface area contributed by atoms with Gasteiger partial charge in [-0.1, -0.05) is 0 Å². The maximum Gasteiger partial charge on any atom is 0.212 e. The van der Waals surface area contributed by atoms with Crippen LogP contribution in [0.15, 0.2) is 24.4 Å². The topological polar surface area (TPSA) is 87.2 Å². The van der Waals surface area contributed by atoms with Gasteiger partial charge in [0.1, 0.15) is 5.82 Å². The third kappa shape index (κ3) is 2.20. The van der Waals surface area contributed by atoms with Gasteiger partial charge in [0, 0.05) is 11.8 Å². The molecule has 17 heavy (non-hydrogen) atoms. The van der Waals surface area contributed by atoms with E-state index in [-0.39, 0.29) is 5.75 Å². The van der Waals surface area contributed by atoms with Crippen LogP contribution in [0.2, 0.25) is 0 Å². The molecule has 0 aliphatic carbocycles. The number of aromatic hydroxyl groups is 1. The number of nitrogens with one attached hydrogen (secondary N) is 2. The van der Waals surface area contributed by atoms with Gasteiger partial charge in [0.25, 0.3) is 0 Å². The molecule has 1 aromatic carbocycles. The van der Waals surface area contributed by atoms with Gasteiger partial charge in [0.2, 0.25) is 6.41 Å². The third-order valence-corrected chi connectivity index (χ3v) is 2.24. The van der Waals surface area contributed by atoms with Crippen LogP contribution < -0.4 is 10.1 Å². The zero-order chi connectivity index (χ0) is 12.3. The predicted octanol–water partition coefficient (Wildman–Crippen LogP) is 1.36. The molecule has 0 fully saturated rings. The summed E-state index contributed by atoms with van der Waals surface area (Å²) in [6.45, 7) is 0. The molecule has 1 heterocycles. The molecule has 0 aliphatic heterocycles. The van der Waals surface area contributed by atoms with Crippen molar-refractivity contribution in [3.8, 4) is 22.9 Å². The van der Waals surface area contributed by atoms with Crippen LogP contribution in [-0.4, -0.2) is 28.6 Å². The average molecular weight is 233 g/mol. The fourth-order valence-electron chi connectivity index (χ4n) is 1.44. The molecular weight excluding hydrogens is 222 g/mol. The molecule has 0 spiro atoms. The molecule has 0 saturated carbocycles. The number of amides is 1. The first-order valence-electron chi connectivity index (χ1n) is 4.87. The Kier molecular flexibility index (Phi) is 2.95. The van der Waals surface area contributed by atoms with E-state index in [1.807, 2.05) is 0 Å². The van der Waals surface area contributed by atoms with Crippen LogP contribution in [0.1, 0.15) is 0 Å². The fraction of sp³-hybridized carbons (Fsp3) is 0.0909. The number of nitrogens with zero attached hydrogens (tertiary/aromatic N) is 1. The number of hydrogen-bond acceptors (Lipinski definition) is 4. The maximum absolute atomic E-state index is 10.2. The van der Waals surface area contributed by atoms with Gasteiger partial charge >= 0.3 is 0 Å². The Hall–Kier alpha value is -2.50. The molecule has 0 saturated heterocycles. The van der Waals surface area contributed by atoms with E-state index in [2.05, 4.69) is 15.3 Å². The second-order valence-electron chi connectivity index (χ2n) is 3.28. The third-order valence-electron chi connectivity index (χ3n) is 2.24. The number of benzene rings is 1. The van der Waals surface area contributed by atoms with E-state index in [9.17, 15) is 9.90 Å². The molecule has 6 nitrogen and oxygen atoms in total. The molecule has 1 amide bonds. The molecule has 2 rings (SSSR count). The number of hydrogen-bond donors (Lipinski definition) is 3. The number of rotatable bonds is 4. The summed E-state index contributed by atoms with van der Waals surface area (Å²) in [5.41, 5.74) is 0.697. The lowest BCUT2D eigenvalue weighted by Crippen LogP contribution is -1.93. The van der Waals surface area contributed by atoms with Crippen molar-refractivity contribution in [2.24, 2.45) is 0 Å².